The maximum Gasteiger partial charge on any atom is 0.326 e. The Morgan fingerprint density at radius 2 is 2.21 bits per heavy atom. The van der Waals surface area contributed by atoms with Crippen molar-refractivity contribution in [2.24, 2.45) is 0 Å². The van der Waals surface area contributed by atoms with Crippen LogP contribution in [0.25, 0.3) is 0 Å². The number of rotatable bonds is 6. The van der Waals surface area contributed by atoms with Crippen molar-refractivity contribution < 1.29 is 19.4 Å². The van der Waals surface area contributed by atoms with Crippen molar-refractivity contribution in [3.05, 3.63) is 0 Å². The summed E-state index contributed by atoms with van der Waals surface area (Å²) >= 11 is 0. The molecule has 0 aliphatic carbocycles. The minimum atomic E-state index is -0.976. The molecule has 0 aromatic carbocycles. The van der Waals surface area contributed by atoms with Gasteiger partial charge in [0, 0.05) is 26.1 Å². The number of hydrogen-bond acceptors (Lipinski definition) is 3. The Bertz CT molecular complexity index is 322. The number of carbonyl (C=O) groups excluding carboxylic acids is 1. The zero-order chi connectivity index (χ0) is 14.4. The van der Waals surface area contributed by atoms with Crippen molar-refractivity contribution in [3.8, 4) is 0 Å². The van der Waals surface area contributed by atoms with Gasteiger partial charge in [-0.2, -0.15) is 0 Å². The van der Waals surface area contributed by atoms with Gasteiger partial charge in [0.1, 0.15) is 6.04 Å². The molecule has 0 bridgehead atoms. The fraction of sp³-hybridized carbons (Fsp3) is 0.846. The average molecular weight is 272 g/mol. The summed E-state index contributed by atoms with van der Waals surface area (Å²) in [6, 6.07) is -1.04. The van der Waals surface area contributed by atoms with Crippen LogP contribution in [0.3, 0.4) is 0 Å². The number of unbranched alkanes of at least 4 members (excludes halogenated alkanes) is 1. The smallest absolute Gasteiger partial charge is 0.326 e. The van der Waals surface area contributed by atoms with Crippen LogP contribution in [0, 0.1) is 0 Å². The van der Waals surface area contributed by atoms with Crippen LogP contribution in [0.5, 0.6) is 0 Å². The Balaban J connectivity index is 2.56. The van der Waals surface area contributed by atoms with Gasteiger partial charge in [0.25, 0.3) is 0 Å². The van der Waals surface area contributed by atoms with Gasteiger partial charge in [-0.05, 0) is 13.3 Å². The van der Waals surface area contributed by atoms with E-state index in [-0.39, 0.29) is 18.2 Å². The van der Waals surface area contributed by atoms with E-state index in [1.807, 2.05) is 6.92 Å². The van der Waals surface area contributed by atoms with Crippen LogP contribution in [-0.4, -0.2) is 53.8 Å². The van der Waals surface area contributed by atoms with Crippen LogP contribution < -0.4 is 5.32 Å². The molecule has 1 heterocycles. The molecule has 6 nitrogen and oxygen atoms in total. The quantitative estimate of drug-likeness (QED) is 0.767. The van der Waals surface area contributed by atoms with E-state index in [0.717, 1.165) is 19.3 Å². The van der Waals surface area contributed by atoms with Gasteiger partial charge in [0.05, 0.1) is 6.10 Å². The Morgan fingerprint density at radius 1 is 1.53 bits per heavy atom. The highest BCUT2D eigenvalue weighted by Gasteiger charge is 2.40. The summed E-state index contributed by atoms with van der Waals surface area (Å²) in [5, 5.41) is 12.0. The third-order valence-corrected chi connectivity index (χ3v) is 3.50. The summed E-state index contributed by atoms with van der Waals surface area (Å²) in [5.74, 6) is -0.976. The van der Waals surface area contributed by atoms with E-state index >= 15 is 0 Å². The molecule has 3 unspecified atom stereocenters. The topological polar surface area (TPSA) is 78.9 Å². The monoisotopic (exact) mass is 272 g/mol. The van der Waals surface area contributed by atoms with Crippen molar-refractivity contribution in [2.45, 2.75) is 57.7 Å². The highest BCUT2D eigenvalue weighted by molar-refractivity contribution is 5.83. The second-order valence-corrected chi connectivity index (χ2v) is 5.09. The third-order valence-electron chi connectivity index (χ3n) is 3.50. The molecular weight excluding hydrogens is 248 g/mol. The van der Waals surface area contributed by atoms with Crippen LogP contribution in [0.2, 0.25) is 0 Å². The van der Waals surface area contributed by atoms with Gasteiger partial charge in [-0.3, -0.25) is 0 Å². The number of aliphatic carboxylic acids is 1. The largest absolute Gasteiger partial charge is 0.480 e. The molecule has 0 radical (unpaired) electrons. The van der Waals surface area contributed by atoms with Gasteiger partial charge >= 0.3 is 12.0 Å². The number of methoxy groups -OCH3 is 1. The molecule has 0 aromatic heterocycles. The standard InChI is InChI=1S/C13H24N2O4/c1-4-5-6-9(2)14-13(18)15-8-10(19-3)7-11(15)12(16)17/h9-11H,4-8H2,1-3H3,(H,14,18)(H,16,17). The molecule has 2 amide bonds. The number of carboxylic acids is 1. The number of nitrogens with one attached hydrogen (secondary N) is 1. The van der Waals surface area contributed by atoms with Crippen molar-refractivity contribution in [2.75, 3.05) is 13.7 Å². The Hall–Kier alpha value is -1.30. The molecule has 3 atom stereocenters. The number of likely N-dealkylation sites (tertiary alicyclic amines) is 1. The van der Waals surface area contributed by atoms with Gasteiger partial charge in [-0.25, -0.2) is 9.59 Å². The summed E-state index contributed by atoms with van der Waals surface area (Å²) in [5.41, 5.74) is 0. The lowest BCUT2D eigenvalue weighted by Gasteiger charge is -2.24. The van der Waals surface area contributed by atoms with E-state index in [9.17, 15) is 9.59 Å². The minimum Gasteiger partial charge on any atom is -0.480 e. The van der Waals surface area contributed by atoms with Crippen molar-refractivity contribution >= 4 is 12.0 Å². The van der Waals surface area contributed by atoms with Crippen LogP contribution in [0.4, 0.5) is 4.79 Å². The van der Waals surface area contributed by atoms with Crippen molar-refractivity contribution in [3.63, 3.8) is 0 Å². The first-order valence-electron chi connectivity index (χ1n) is 6.82. The molecule has 1 aliphatic heterocycles. The lowest BCUT2D eigenvalue weighted by atomic mass is 10.1. The number of hydrogen-bond donors (Lipinski definition) is 2. The van der Waals surface area contributed by atoms with Gasteiger partial charge in [-0.15, -0.1) is 0 Å². The Labute approximate surface area is 114 Å². The second-order valence-electron chi connectivity index (χ2n) is 5.09. The molecule has 1 saturated heterocycles. The average Bonchev–Trinajstić information content (AvgIpc) is 2.80. The van der Waals surface area contributed by atoms with Crippen LogP contribution in [0.1, 0.15) is 39.5 Å². The van der Waals surface area contributed by atoms with E-state index in [2.05, 4.69) is 12.2 Å². The second kappa shape index (κ2) is 7.33. The molecule has 2 N–H and O–H groups in total. The first-order valence-corrected chi connectivity index (χ1v) is 6.82. The molecule has 0 aromatic rings. The van der Waals surface area contributed by atoms with E-state index in [4.69, 9.17) is 9.84 Å². The number of carbonyl (C=O) groups is 2. The minimum absolute atomic E-state index is 0.0588. The predicted octanol–water partition coefficient (Wildman–Crippen LogP) is 1.45. The fourth-order valence-electron chi connectivity index (χ4n) is 2.30. The summed E-state index contributed by atoms with van der Waals surface area (Å²) in [4.78, 5) is 24.6. The zero-order valence-electron chi connectivity index (χ0n) is 11.9. The van der Waals surface area contributed by atoms with Crippen LogP contribution in [0.15, 0.2) is 0 Å². The maximum atomic E-state index is 12.1. The Morgan fingerprint density at radius 3 is 2.74 bits per heavy atom. The van der Waals surface area contributed by atoms with Crippen molar-refractivity contribution in [1.82, 2.24) is 10.2 Å². The van der Waals surface area contributed by atoms with Gasteiger partial charge in [0.15, 0.2) is 0 Å². The van der Waals surface area contributed by atoms with E-state index in [1.165, 1.54) is 12.0 Å². The third kappa shape index (κ3) is 4.38. The molecule has 0 saturated carbocycles. The zero-order valence-corrected chi connectivity index (χ0v) is 11.9. The van der Waals surface area contributed by atoms with Gasteiger partial charge < -0.3 is 20.1 Å². The first-order chi connectivity index (χ1) is 8.99. The predicted molar refractivity (Wildman–Crippen MR) is 71.1 cm³/mol. The highest BCUT2D eigenvalue weighted by Crippen LogP contribution is 2.20. The molecule has 110 valence electrons. The van der Waals surface area contributed by atoms with Gasteiger partial charge in [0.2, 0.25) is 0 Å². The van der Waals surface area contributed by atoms with Crippen molar-refractivity contribution in [1.29, 1.82) is 0 Å². The molecule has 1 rings (SSSR count). The summed E-state index contributed by atoms with van der Waals surface area (Å²) in [6.07, 6.45) is 3.18. The molecule has 6 heteroatoms. The molecule has 1 aliphatic rings. The number of urea groups is 1. The lowest BCUT2D eigenvalue weighted by molar-refractivity contribution is -0.141. The summed E-state index contributed by atoms with van der Waals surface area (Å²) in [6.45, 7) is 4.37. The molecule has 19 heavy (non-hydrogen) atoms. The maximum absolute atomic E-state index is 12.1. The Kier molecular flexibility index (Phi) is 6.08. The van der Waals surface area contributed by atoms with E-state index in [1.54, 1.807) is 0 Å². The van der Waals surface area contributed by atoms with Crippen LogP contribution in [-0.2, 0) is 9.53 Å². The first kappa shape index (κ1) is 15.8. The number of amides is 2. The molecular formula is C13H24N2O4. The fourth-order valence-corrected chi connectivity index (χ4v) is 2.30. The number of carboxylic acid groups (broad SMARTS) is 1. The van der Waals surface area contributed by atoms with Crippen LogP contribution >= 0.6 is 0 Å². The van der Waals surface area contributed by atoms with Gasteiger partial charge in [-0.1, -0.05) is 19.8 Å². The molecule has 0 spiro atoms. The summed E-state index contributed by atoms with van der Waals surface area (Å²) in [7, 11) is 1.54. The highest BCUT2D eigenvalue weighted by atomic mass is 16.5. The number of nitrogens with zero attached hydrogens (tertiary/aromatic N) is 1. The summed E-state index contributed by atoms with van der Waals surface area (Å²) < 4.78 is 5.16. The SMILES string of the molecule is CCCCC(C)NC(=O)N1CC(OC)CC1C(=O)O. The lowest BCUT2D eigenvalue weighted by Crippen LogP contribution is -2.48. The number of ether oxygens (including phenoxy) is 1. The van der Waals surface area contributed by atoms with E-state index in [0.29, 0.717) is 13.0 Å². The normalized spacial score (nSPS) is 24.3. The van der Waals surface area contributed by atoms with E-state index < -0.39 is 12.0 Å². The molecule has 1 fully saturated rings.